The normalized spacial score (nSPS) is 14.0. The fourth-order valence-electron chi connectivity index (χ4n) is 1.68. The van der Waals surface area contributed by atoms with E-state index in [9.17, 15) is 0 Å². The minimum Gasteiger partial charge on any atom is -0.103 e. The van der Waals surface area contributed by atoms with Crippen LogP contribution in [0.15, 0.2) is 47.6 Å². The van der Waals surface area contributed by atoms with Gasteiger partial charge in [-0.15, -0.1) is 6.58 Å². The number of allylic oxidation sites excluding steroid dienone is 7. The monoisotopic (exact) mass is 232 g/mol. The Kier molecular flexibility index (Phi) is 9.52. The van der Waals surface area contributed by atoms with Crippen molar-refractivity contribution in [1.29, 1.82) is 0 Å². The molecule has 0 aromatic heterocycles. The van der Waals surface area contributed by atoms with Crippen molar-refractivity contribution in [2.24, 2.45) is 0 Å². The van der Waals surface area contributed by atoms with E-state index >= 15 is 0 Å². The minimum atomic E-state index is 0.973. The van der Waals surface area contributed by atoms with Crippen LogP contribution in [0.5, 0.6) is 0 Å². The van der Waals surface area contributed by atoms with Crippen LogP contribution in [0.3, 0.4) is 0 Å². The largest absolute Gasteiger partial charge is 0.103 e. The van der Waals surface area contributed by atoms with Crippen molar-refractivity contribution < 1.29 is 0 Å². The van der Waals surface area contributed by atoms with Gasteiger partial charge in [0.15, 0.2) is 0 Å². The first-order valence-corrected chi connectivity index (χ1v) is 6.73. The lowest BCUT2D eigenvalue weighted by molar-refractivity contribution is 0.814. The number of rotatable bonds is 8. The van der Waals surface area contributed by atoms with E-state index in [0.717, 1.165) is 6.42 Å². The summed E-state index contributed by atoms with van der Waals surface area (Å²) in [6.45, 7) is 12.6. The van der Waals surface area contributed by atoms with E-state index in [2.05, 4.69) is 52.5 Å². The van der Waals surface area contributed by atoms with Gasteiger partial charge in [0.1, 0.15) is 0 Å². The van der Waals surface area contributed by atoms with Gasteiger partial charge in [0.05, 0.1) is 0 Å². The van der Waals surface area contributed by atoms with Gasteiger partial charge in [-0.2, -0.15) is 0 Å². The summed E-state index contributed by atoms with van der Waals surface area (Å²) in [4.78, 5) is 0. The van der Waals surface area contributed by atoms with E-state index in [1.54, 1.807) is 11.1 Å². The van der Waals surface area contributed by atoms with E-state index in [1.165, 1.54) is 31.3 Å². The van der Waals surface area contributed by atoms with Gasteiger partial charge in [-0.05, 0) is 58.4 Å². The van der Waals surface area contributed by atoms with Gasteiger partial charge in [-0.25, -0.2) is 0 Å². The van der Waals surface area contributed by atoms with Gasteiger partial charge in [0.2, 0.25) is 0 Å². The molecule has 0 N–H and O–H groups in total. The molecule has 0 unspecified atom stereocenters. The lowest BCUT2D eigenvalue weighted by atomic mass is 10.0. The molecule has 0 amide bonds. The molecule has 0 aliphatic rings. The summed E-state index contributed by atoms with van der Waals surface area (Å²) in [5, 5.41) is 0. The third kappa shape index (κ3) is 7.79. The molecule has 0 fully saturated rings. The van der Waals surface area contributed by atoms with Gasteiger partial charge < -0.3 is 0 Å². The SMILES string of the molecule is C=CCC(=C/C)/C=C/CCC/C(C)=C(/C)CC. The minimum absolute atomic E-state index is 0.973. The zero-order chi connectivity index (χ0) is 13.1. The highest BCUT2D eigenvalue weighted by Crippen LogP contribution is 2.14. The maximum absolute atomic E-state index is 3.76. The van der Waals surface area contributed by atoms with Crippen LogP contribution in [0.25, 0.3) is 0 Å². The lowest BCUT2D eigenvalue weighted by Gasteiger charge is -2.04. The van der Waals surface area contributed by atoms with Crippen LogP contribution in [0.1, 0.15) is 59.8 Å². The maximum atomic E-state index is 3.76. The summed E-state index contributed by atoms with van der Waals surface area (Å²) in [5.74, 6) is 0. The van der Waals surface area contributed by atoms with E-state index in [0.29, 0.717) is 0 Å². The molecule has 0 saturated heterocycles. The second kappa shape index (κ2) is 10.1. The molecule has 0 aliphatic carbocycles. The summed E-state index contributed by atoms with van der Waals surface area (Å²) < 4.78 is 0. The topological polar surface area (TPSA) is 0 Å². The van der Waals surface area contributed by atoms with Crippen molar-refractivity contribution in [3.8, 4) is 0 Å². The average molecular weight is 232 g/mol. The van der Waals surface area contributed by atoms with Crippen molar-refractivity contribution in [2.45, 2.75) is 59.8 Å². The Morgan fingerprint density at radius 3 is 2.41 bits per heavy atom. The van der Waals surface area contributed by atoms with Crippen molar-refractivity contribution >= 4 is 0 Å². The molecule has 0 radical (unpaired) electrons. The Morgan fingerprint density at radius 1 is 1.18 bits per heavy atom. The summed E-state index contributed by atoms with van der Waals surface area (Å²) in [7, 11) is 0. The maximum Gasteiger partial charge on any atom is -0.0104 e. The zero-order valence-electron chi connectivity index (χ0n) is 12.1. The summed E-state index contributed by atoms with van der Waals surface area (Å²) in [5.41, 5.74) is 4.48. The van der Waals surface area contributed by atoms with E-state index in [1.807, 2.05) is 6.08 Å². The third-order valence-corrected chi connectivity index (χ3v) is 3.26. The Hall–Kier alpha value is -1.04. The number of hydrogen-bond donors (Lipinski definition) is 0. The molecule has 17 heavy (non-hydrogen) atoms. The highest BCUT2D eigenvalue weighted by molar-refractivity contribution is 5.20. The lowest BCUT2D eigenvalue weighted by Crippen LogP contribution is -1.84. The van der Waals surface area contributed by atoms with Crippen LogP contribution < -0.4 is 0 Å². The predicted octanol–water partition coefficient (Wildman–Crippen LogP) is 5.98. The van der Waals surface area contributed by atoms with E-state index in [-0.39, 0.29) is 0 Å². The quantitative estimate of drug-likeness (QED) is 0.274. The zero-order valence-corrected chi connectivity index (χ0v) is 12.1. The molecule has 0 saturated carbocycles. The smallest absolute Gasteiger partial charge is 0.0104 e. The van der Waals surface area contributed by atoms with Crippen molar-refractivity contribution in [2.75, 3.05) is 0 Å². The Bertz CT molecular complexity index is 300. The highest BCUT2D eigenvalue weighted by atomic mass is 14.0. The van der Waals surface area contributed by atoms with Crippen LogP contribution in [0.4, 0.5) is 0 Å². The van der Waals surface area contributed by atoms with Gasteiger partial charge >= 0.3 is 0 Å². The average Bonchev–Trinajstić information content (AvgIpc) is 2.35. The van der Waals surface area contributed by atoms with Crippen molar-refractivity contribution in [3.63, 3.8) is 0 Å². The fraction of sp³-hybridized carbons (Fsp3) is 0.529. The molecule has 0 heteroatoms. The second-order valence-corrected chi connectivity index (χ2v) is 4.57. The number of unbranched alkanes of at least 4 members (excludes halogenated alkanes) is 1. The fourth-order valence-corrected chi connectivity index (χ4v) is 1.68. The summed E-state index contributed by atoms with van der Waals surface area (Å²) >= 11 is 0. The molecule has 0 bridgehead atoms. The Balaban J connectivity index is 3.92. The molecule has 0 aromatic rings. The van der Waals surface area contributed by atoms with Crippen molar-refractivity contribution in [1.82, 2.24) is 0 Å². The molecule has 96 valence electrons. The van der Waals surface area contributed by atoms with Crippen LogP contribution in [-0.4, -0.2) is 0 Å². The first-order valence-electron chi connectivity index (χ1n) is 6.73. The molecule has 0 rings (SSSR count). The van der Waals surface area contributed by atoms with Gasteiger partial charge in [-0.3, -0.25) is 0 Å². The predicted molar refractivity (Wildman–Crippen MR) is 80.2 cm³/mol. The molecule has 0 atom stereocenters. The summed E-state index contributed by atoms with van der Waals surface area (Å²) in [6.07, 6.45) is 14.4. The van der Waals surface area contributed by atoms with Crippen LogP contribution in [0.2, 0.25) is 0 Å². The molecule has 0 aliphatic heterocycles. The van der Waals surface area contributed by atoms with E-state index in [4.69, 9.17) is 0 Å². The van der Waals surface area contributed by atoms with Gasteiger partial charge in [0.25, 0.3) is 0 Å². The Labute approximate surface area is 108 Å². The second-order valence-electron chi connectivity index (χ2n) is 4.57. The molecule has 0 spiro atoms. The third-order valence-electron chi connectivity index (χ3n) is 3.26. The standard InChI is InChI=1S/C17H28/c1-6-12-17(8-3)14-11-9-10-13-16(5)15(4)7-2/h6,8,11,14H,1,7,9-10,12-13H2,2-5H3/b14-11+,16-15-,17-8-. The van der Waals surface area contributed by atoms with Crippen LogP contribution in [0, 0.1) is 0 Å². The van der Waals surface area contributed by atoms with Gasteiger partial charge in [0, 0.05) is 0 Å². The molecule has 0 heterocycles. The summed E-state index contributed by atoms with van der Waals surface area (Å²) in [6, 6.07) is 0. The number of hydrogen-bond acceptors (Lipinski definition) is 0. The molecular formula is C17H28. The van der Waals surface area contributed by atoms with Crippen LogP contribution >= 0.6 is 0 Å². The van der Waals surface area contributed by atoms with Gasteiger partial charge in [-0.1, -0.05) is 42.4 Å². The van der Waals surface area contributed by atoms with Crippen LogP contribution in [-0.2, 0) is 0 Å². The molecular weight excluding hydrogens is 204 g/mol. The first-order chi connectivity index (χ1) is 8.15. The molecule has 0 aromatic carbocycles. The molecule has 0 nitrogen and oxygen atoms in total. The van der Waals surface area contributed by atoms with Crippen molar-refractivity contribution in [3.05, 3.63) is 47.6 Å². The Morgan fingerprint density at radius 2 is 1.88 bits per heavy atom. The van der Waals surface area contributed by atoms with E-state index < -0.39 is 0 Å². The first kappa shape index (κ1) is 16.0. The highest BCUT2D eigenvalue weighted by Gasteiger charge is 1.94.